The number of carbonyl (C=O) groups is 5. The van der Waals surface area contributed by atoms with E-state index in [0.29, 0.717) is 19.4 Å². The van der Waals surface area contributed by atoms with Gasteiger partial charge in [0.25, 0.3) is 0 Å². The predicted molar refractivity (Wildman–Crippen MR) is 168 cm³/mol. The Morgan fingerprint density at radius 2 is 1.71 bits per heavy atom. The van der Waals surface area contributed by atoms with Gasteiger partial charge in [-0.05, 0) is 75.0 Å². The van der Waals surface area contributed by atoms with Gasteiger partial charge in [0, 0.05) is 18.9 Å². The molecule has 12 heteroatoms. The van der Waals surface area contributed by atoms with Crippen molar-refractivity contribution < 1.29 is 38.6 Å². The van der Waals surface area contributed by atoms with Crippen LogP contribution in [0.4, 0.5) is 4.79 Å². The summed E-state index contributed by atoms with van der Waals surface area (Å²) in [7, 11) is 0. The number of unbranched alkanes of at least 4 members (excludes halogenated alkanes) is 1. The van der Waals surface area contributed by atoms with Gasteiger partial charge in [-0.1, -0.05) is 48.6 Å². The van der Waals surface area contributed by atoms with Gasteiger partial charge in [-0.25, -0.2) is 9.59 Å². The maximum atomic E-state index is 12.7. The highest BCUT2D eigenvalue weighted by Crippen LogP contribution is 2.29. The van der Waals surface area contributed by atoms with E-state index >= 15 is 0 Å². The summed E-state index contributed by atoms with van der Waals surface area (Å²) >= 11 is 0. The lowest BCUT2D eigenvalue weighted by molar-refractivity contribution is -0.156. The molecule has 4 unspecified atom stereocenters. The van der Waals surface area contributed by atoms with Crippen molar-refractivity contribution in [1.82, 2.24) is 16.0 Å². The van der Waals surface area contributed by atoms with Crippen molar-refractivity contribution in [1.29, 1.82) is 0 Å². The molecule has 0 aromatic heterocycles. The molecule has 0 saturated heterocycles. The van der Waals surface area contributed by atoms with E-state index in [1.807, 2.05) is 48.6 Å². The predicted octanol–water partition coefficient (Wildman–Crippen LogP) is 1.16. The number of nitrogens with two attached hydrogens (primary N) is 1. The van der Waals surface area contributed by atoms with Crippen molar-refractivity contribution in [2.75, 3.05) is 13.2 Å². The average molecular weight is 625 g/mol. The second kappa shape index (κ2) is 16.0. The molecule has 0 heterocycles. The lowest BCUT2D eigenvalue weighted by Crippen LogP contribution is -2.50. The molecule has 0 aliphatic heterocycles. The van der Waals surface area contributed by atoms with Crippen LogP contribution in [0, 0.1) is 5.92 Å². The van der Waals surface area contributed by atoms with E-state index in [4.69, 9.17) is 15.2 Å². The summed E-state index contributed by atoms with van der Waals surface area (Å²) in [4.78, 5) is 61.0. The van der Waals surface area contributed by atoms with Gasteiger partial charge in [-0.15, -0.1) is 0 Å². The number of ether oxygens (including phenoxy) is 2. The number of alkyl carbamates (subject to hydrolysis) is 1. The van der Waals surface area contributed by atoms with Crippen molar-refractivity contribution in [2.24, 2.45) is 11.7 Å². The van der Waals surface area contributed by atoms with Gasteiger partial charge in [0.15, 0.2) is 0 Å². The molecular weight excluding hydrogens is 580 g/mol. The summed E-state index contributed by atoms with van der Waals surface area (Å²) in [5, 5.41) is 19.3. The lowest BCUT2D eigenvalue weighted by atomic mass is 9.91. The molecule has 2 aliphatic carbocycles. The maximum absolute atomic E-state index is 12.7. The highest BCUT2D eigenvalue weighted by atomic mass is 16.6. The first-order valence-electron chi connectivity index (χ1n) is 15.2. The zero-order valence-electron chi connectivity index (χ0n) is 26.3. The fourth-order valence-electron chi connectivity index (χ4n) is 5.01. The zero-order valence-corrected chi connectivity index (χ0v) is 26.3. The van der Waals surface area contributed by atoms with Gasteiger partial charge in [0.1, 0.15) is 30.3 Å². The van der Waals surface area contributed by atoms with Gasteiger partial charge in [-0.2, -0.15) is 0 Å². The summed E-state index contributed by atoms with van der Waals surface area (Å²) in [6, 6.07) is 4.79. The van der Waals surface area contributed by atoms with Crippen LogP contribution in [-0.4, -0.2) is 71.8 Å². The van der Waals surface area contributed by atoms with E-state index in [2.05, 4.69) is 16.0 Å². The van der Waals surface area contributed by atoms with Gasteiger partial charge >= 0.3 is 18.0 Å². The Labute approximate surface area is 262 Å². The van der Waals surface area contributed by atoms with E-state index in [-0.39, 0.29) is 37.7 Å². The molecule has 1 aromatic carbocycles. The topological polar surface area (TPSA) is 186 Å². The number of nitrogens with one attached hydrogen (secondary N) is 3. The molecule has 3 amide bonds. The number of benzene rings is 1. The first-order chi connectivity index (χ1) is 21.3. The van der Waals surface area contributed by atoms with Crippen LogP contribution in [0.25, 0.3) is 11.1 Å². The highest BCUT2D eigenvalue weighted by molar-refractivity contribution is 5.89. The van der Waals surface area contributed by atoms with Gasteiger partial charge < -0.3 is 36.3 Å². The van der Waals surface area contributed by atoms with Gasteiger partial charge in [-0.3, -0.25) is 14.4 Å². The quantitative estimate of drug-likeness (QED) is 0.141. The largest absolute Gasteiger partial charge is 0.480 e. The molecule has 0 saturated carbocycles. The Hall–Kier alpha value is -4.45. The molecular formula is C33H44N4O8. The van der Waals surface area contributed by atoms with Crippen LogP contribution in [0.2, 0.25) is 0 Å². The zero-order chi connectivity index (χ0) is 33.1. The first-order valence-corrected chi connectivity index (χ1v) is 15.2. The van der Waals surface area contributed by atoms with E-state index in [1.165, 1.54) is 6.92 Å². The van der Waals surface area contributed by atoms with E-state index in [9.17, 15) is 29.1 Å². The molecule has 0 spiro atoms. The first kappa shape index (κ1) is 35.0. The van der Waals surface area contributed by atoms with Crippen LogP contribution in [0.3, 0.4) is 0 Å². The van der Waals surface area contributed by atoms with Crippen LogP contribution in [-0.2, 0) is 28.7 Å². The van der Waals surface area contributed by atoms with Gasteiger partial charge in [0.2, 0.25) is 11.8 Å². The van der Waals surface area contributed by atoms with Crippen molar-refractivity contribution in [2.45, 2.75) is 83.5 Å². The summed E-state index contributed by atoms with van der Waals surface area (Å²) in [5.41, 5.74) is 7.22. The number of fused-ring (bicyclic) bond motifs is 2. The third-order valence-electron chi connectivity index (χ3n) is 7.32. The Morgan fingerprint density at radius 3 is 2.40 bits per heavy atom. The number of esters is 1. The monoisotopic (exact) mass is 624 g/mol. The Morgan fingerprint density at radius 1 is 1.00 bits per heavy atom. The number of allylic oxidation sites excluding steroid dienone is 4. The molecule has 12 nitrogen and oxygen atoms in total. The number of aliphatic carboxylic acids is 1. The minimum atomic E-state index is -1.21. The number of amides is 3. The summed E-state index contributed by atoms with van der Waals surface area (Å²) in [6.45, 7) is 6.97. The standard InChI is InChI=1S/C33H44N4O8/c1-20(36-32(43)44-19-25-23-13-7-5-11-21(23)22-12-6-8-14-24(22)25)29(39)37-27(30(40)41)15-9-10-18-35-28(38)17-16-26(34)31(42)45-33(2,3)4/h5-8,11-14,20,23,26-27H,9-10,15-19,34H2,1-4H3,(H,35,38)(H,36,43)(H,37,39)(H,40,41). The smallest absolute Gasteiger partial charge is 0.408 e. The minimum Gasteiger partial charge on any atom is -0.480 e. The van der Waals surface area contributed by atoms with E-state index in [1.54, 1.807) is 20.8 Å². The second-order valence-electron chi connectivity index (χ2n) is 12.1. The lowest BCUT2D eigenvalue weighted by Gasteiger charge is -2.22. The number of carbonyl (C=O) groups excluding carboxylic acids is 4. The molecule has 0 radical (unpaired) electrons. The van der Waals surface area contributed by atoms with Crippen LogP contribution >= 0.6 is 0 Å². The van der Waals surface area contributed by atoms with E-state index in [0.717, 1.165) is 21.6 Å². The Bertz CT molecular complexity index is 1460. The highest BCUT2D eigenvalue weighted by Gasteiger charge is 2.27. The summed E-state index contributed by atoms with van der Waals surface area (Å²) < 4.78 is 10.7. The number of hydrogen-bond acceptors (Lipinski definition) is 8. The average Bonchev–Trinajstić information content (AvgIpc) is 3.30. The van der Waals surface area contributed by atoms with Crippen molar-refractivity contribution in [3.63, 3.8) is 0 Å². The maximum Gasteiger partial charge on any atom is 0.408 e. The van der Waals surface area contributed by atoms with Crippen molar-refractivity contribution in [3.8, 4) is 0 Å². The minimum absolute atomic E-state index is 0.00743. The Balaban J connectivity index is 1.37. The number of hydrogen-bond donors (Lipinski definition) is 5. The normalized spacial score (nSPS) is 17.0. The number of rotatable bonds is 15. The molecule has 45 heavy (non-hydrogen) atoms. The molecule has 2 aliphatic rings. The third-order valence-corrected chi connectivity index (χ3v) is 7.32. The van der Waals surface area contributed by atoms with Crippen molar-refractivity contribution >= 4 is 41.0 Å². The fourth-order valence-corrected chi connectivity index (χ4v) is 5.01. The van der Waals surface area contributed by atoms with E-state index < -0.39 is 47.7 Å². The Kier molecular flexibility index (Phi) is 12.5. The molecule has 244 valence electrons. The number of carboxylic acid groups (broad SMARTS) is 1. The summed E-state index contributed by atoms with van der Waals surface area (Å²) in [6.07, 6.45) is 8.40. The third kappa shape index (κ3) is 10.6. The van der Waals surface area contributed by atoms with Crippen LogP contribution in [0.15, 0.2) is 48.6 Å². The SMILES string of the molecule is CC(NC(=O)OCC1=c2ccccc2=C2C=CC=CC21)C(=O)NC(CCCCNC(=O)CCC(N)C(=O)OC(C)(C)C)C(=O)O. The molecule has 1 aromatic rings. The molecule has 0 bridgehead atoms. The van der Waals surface area contributed by atoms with Crippen LogP contribution < -0.4 is 32.1 Å². The fraction of sp³-hybridized carbons (Fsp3) is 0.485. The van der Waals surface area contributed by atoms with Gasteiger partial charge in [0.05, 0.1) is 0 Å². The molecule has 6 N–H and O–H groups in total. The second-order valence-corrected chi connectivity index (χ2v) is 12.1. The van der Waals surface area contributed by atoms with Crippen molar-refractivity contribution in [3.05, 3.63) is 59.0 Å². The van der Waals surface area contributed by atoms with Crippen LogP contribution in [0.5, 0.6) is 0 Å². The summed E-state index contributed by atoms with van der Waals surface area (Å²) in [5.74, 6) is -2.72. The number of carboxylic acids is 1. The molecule has 3 rings (SSSR count). The van der Waals surface area contributed by atoms with Crippen LogP contribution in [0.1, 0.15) is 59.8 Å². The molecule has 0 fully saturated rings. The molecule has 4 atom stereocenters.